The van der Waals surface area contributed by atoms with E-state index in [1.807, 2.05) is 85.5 Å². The number of carbonyl (C=O) groups excluding carboxylic acids is 3. The van der Waals surface area contributed by atoms with Crippen LogP contribution in [0, 0.1) is 25.7 Å². The lowest BCUT2D eigenvalue weighted by molar-refractivity contribution is -0.122. The fourth-order valence-corrected chi connectivity index (χ4v) is 6.69. The summed E-state index contributed by atoms with van der Waals surface area (Å²) in [4.78, 5) is 45.8. The summed E-state index contributed by atoms with van der Waals surface area (Å²) in [7, 11) is 0. The van der Waals surface area contributed by atoms with Crippen LogP contribution in [-0.4, -0.2) is 29.7 Å². The molecule has 3 aliphatic heterocycles. The molecule has 5 heteroatoms. The van der Waals surface area contributed by atoms with Gasteiger partial charge in [0.2, 0.25) is 11.8 Å². The van der Waals surface area contributed by atoms with Gasteiger partial charge in [0.25, 0.3) is 0 Å². The smallest absolute Gasteiger partial charge is 0.240 e. The Hall–Kier alpha value is -4.51. The molecule has 0 aromatic heterocycles. The van der Waals surface area contributed by atoms with Gasteiger partial charge in [-0.25, -0.2) is 4.90 Å². The van der Waals surface area contributed by atoms with Crippen LogP contribution in [0.15, 0.2) is 91.0 Å². The van der Waals surface area contributed by atoms with Crippen LogP contribution in [0.25, 0.3) is 16.8 Å². The van der Waals surface area contributed by atoms with E-state index in [-0.39, 0.29) is 17.6 Å². The van der Waals surface area contributed by atoms with Gasteiger partial charge >= 0.3 is 0 Å². The van der Waals surface area contributed by atoms with Crippen molar-refractivity contribution in [2.24, 2.45) is 11.8 Å². The third-order valence-corrected chi connectivity index (χ3v) is 8.33. The molecule has 0 radical (unpaired) electrons. The van der Waals surface area contributed by atoms with Gasteiger partial charge in [-0.05, 0) is 42.3 Å². The number of benzene rings is 4. The first-order chi connectivity index (χ1) is 18.5. The zero-order chi connectivity index (χ0) is 26.1. The number of nitrogens with zero attached hydrogens (tertiary/aromatic N) is 2. The number of ketones is 1. The Balaban J connectivity index is 1.41. The maximum atomic E-state index is 14.2. The van der Waals surface area contributed by atoms with Gasteiger partial charge in [-0.1, -0.05) is 90.5 Å². The summed E-state index contributed by atoms with van der Waals surface area (Å²) in [6.45, 7) is 3.90. The van der Waals surface area contributed by atoms with E-state index in [0.717, 1.165) is 33.2 Å². The number of amides is 2. The first-order valence-corrected chi connectivity index (χ1v) is 13.0. The van der Waals surface area contributed by atoms with Crippen molar-refractivity contribution in [2.45, 2.75) is 25.9 Å². The average Bonchev–Trinajstić information content (AvgIpc) is 3.41. The van der Waals surface area contributed by atoms with Gasteiger partial charge in [0.15, 0.2) is 5.78 Å². The number of hydrogen-bond acceptors (Lipinski definition) is 4. The van der Waals surface area contributed by atoms with E-state index in [9.17, 15) is 14.4 Å². The number of fused-ring (bicyclic) bond motifs is 7. The van der Waals surface area contributed by atoms with Crippen molar-refractivity contribution < 1.29 is 14.4 Å². The van der Waals surface area contributed by atoms with Crippen LogP contribution >= 0.6 is 0 Å². The summed E-state index contributed by atoms with van der Waals surface area (Å²) in [5.41, 5.74) is 4.97. The largest absolute Gasteiger partial charge is 0.352 e. The van der Waals surface area contributed by atoms with Gasteiger partial charge in [-0.2, -0.15) is 0 Å². The molecule has 0 bridgehead atoms. The summed E-state index contributed by atoms with van der Waals surface area (Å²) in [6, 6.07) is 25.9. The summed E-state index contributed by atoms with van der Waals surface area (Å²) in [5.74, 6) is -2.09. The number of hydrogen-bond donors (Lipinski definition) is 0. The Labute approximate surface area is 221 Å². The monoisotopic (exact) mass is 498 g/mol. The van der Waals surface area contributed by atoms with Gasteiger partial charge < -0.3 is 4.90 Å². The van der Waals surface area contributed by atoms with Crippen LogP contribution in [0.2, 0.25) is 0 Å². The second-order valence-corrected chi connectivity index (χ2v) is 10.5. The Morgan fingerprint density at radius 3 is 2.26 bits per heavy atom. The minimum atomic E-state index is -0.788. The van der Waals surface area contributed by atoms with Crippen molar-refractivity contribution in [3.63, 3.8) is 0 Å². The number of rotatable bonds is 3. The van der Waals surface area contributed by atoms with Crippen LogP contribution in [0.3, 0.4) is 0 Å². The molecular weight excluding hydrogens is 472 g/mol. The molecule has 38 heavy (non-hydrogen) atoms. The average molecular weight is 499 g/mol. The molecule has 2 saturated heterocycles. The maximum Gasteiger partial charge on any atom is 0.240 e. The summed E-state index contributed by atoms with van der Waals surface area (Å²) >= 11 is 0. The fraction of sp³-hybridized carbons (Fsp3) is 0.182. The lowest BCUT2D eigenvalue weighted by Gasteiger charge is -2.37. The maximum absolute atomic E-state index is 14.2. The third-order valence-electron chi connectivity index (χ3n) is 8.33. The highest BCUT2D eigenvalue weighted by molar-refractivity contribution is 6.26. The van der Waals surface area contributed by atoms with Crippen molar-refractivity contribution in [2.75, 3.05) is 9.80 Å². The Morgan fingerprint density at radius 2 is 1.47 bits per heavy atom. The number of aryl methyl sites for hydroxylation is 2. The van der Waals surface area contributed by atoms with Crippen LogP contribution in [0.4, 0.5) is 11.4 Å². The third kappa shape index (κ3) is 3.08. The van der Waals surface area contributed by atoms with E-state index in [1.54, 1.807) is 12.1 Å². The SMILES string of the molecule is Cc1ccc(N2C(=O)[C@@H]3[C@@H](C2=O)[C@@H](C(=O)c2ccccc2)N2c4ccc5ccccc5c4C=C[C@H]32)c(C)c1. The van der Waals surface area contributed by atoms with Crippen LogP contribution in [-0.2, 0) is 9.59 Å². The molecule has 4 atom stereocenters. The Morgan fingerprint density at radius 1 is 0.763 bits per heavy atom. The molecule has 3 aliphatic rings. The highest BCUT2D eigenvalue weighted by atomic mass is 16.2. The predicted molar refractivity (Wildman–Crippen MR) is 149 cm³/mol. The van der Waals surface area contributed by atoms with Crippen molar-refractivity contribution in [1.82, 2.24) is 0 Å². The zero-order valence-electron chi connectivity index (χ0n) is 21.2. The predicted octanol–water partition coefficient (Wildman–Crippen LogP) is 5.73. The molecular formula is C33H26N2O3. The van der Waals surface area contributed by atoms with E-state index in [1.165, 1.54) is 4.90 Å². The zero-order valence-corrected chi connectivity index (χ0v) is 21.2. The first-order valence-electron chi connectivity index (χ1n) is 13.0. The van der Waals surface area contributed by atoms with Crippen LogP contribution < -0.4 is 9.80 Å². The van der Waals surface area contributed by atoms with Crippen molar-refractivity contribution in [3.05, 3.63) is 113 Å². The minimum Gasteiger partial charge on any atom is -0.352 e. The molecule has 0 N–H and O–H groups in total. The molecule has 0 saturated carbocycles. The molecule has 2 amide bonds. The minimum absolute atomic E-state index is 0.138. The quantitative estimate of drug-likeness (QED) is 0.267. The number of anilines is 2. The highest BCUT2D eigenvalue weighted by Gasteiger charge is 2.64. The number of carbonyl (C=O) groups is 3. The standard InChI is InChI=1S/C33H26N2O3/c1-19-12-15-25(20(2)18-19)35-32(37)28-27-17-14-24-23-11-7-6-8-21(23)13-16-26(24)34(27)30(29(28)33(35)38)31(36)22-9-4-3-5-10-22/h3-18,27-30H,1-2H3/t27-,28+,29-,30+/m1/s1. The van der Waals surface area contributed by atoms with Crippen molar-refractivity contribution >= 4 is 45.8 Å². The Bertz CT molecular complexity index is 1690. The fourth-order valence-electron chi connectivity index (χ4n) is 6.69. The highest BCUT2D eigenvalue weighted by Crippen LogP contribution is 2.51. The van der Waals surface area contributed by atoms with E-state index < -0.39 is 23.9 Å². The van der Waals surface area contributed by atoms with Crippen LogP contribution in [0.1, 0.15) is 27.0 Å². The van der Waals surface area contributed by atoms with Crippen LogP contribution in [0.5, 0.6) is 0 Å². The Kier molecular flexibility index (Phi) is 4.92. The van der Waals surface area contributed by atoms with E-state index in [4.69, 9.17) is 0 Å². The topological polar surface area (TPSA) is 57.7 Å². The molecule has 186 valence electrons. The molecule has 0 spiro atoms. The van der Waals surface area contributed by atoms with Gasteiger partial charge in [-0.15, -0.1) is 0 Å². The molecule has 2 fully saturated rings. The second-order valence-electron chi connectivity index (χ2n) is 10.5. The lowest BCUT2D eigenvalue weighted by atomic mass is 9.86. The van der Waals surface area contributed by atoms with Crippen molar-refractivity contribution in [3.8, 4) is 0 Å². The second kappa shape index (κ2) is 8.25. The lowest BCUT2D eigenvalue weighted by Crippen LogP contribution is -2.49. The molecule has 7 rings (SSSR count). The molecule has 4 aromatic rings. The molecule has 4 aromatic carbocycles. The first kappa shape index (κ1) is 22.7. The summed E-state index contributed by atoms with van der Waals surface area (Å²) in [6.07, 6.45) is 4.07. The molecule has 3 heterocycles. The normalized spacial score (nSPS) is 23.5. The molecule has 0 aliphatic carbocycles. The summed E-state index contributed by atoms with van der Waals surface area (Å²) in [5, 5.41) is 2.19. The molecule has 5 nitrogen and oxygen atoms in total. The van der Waals surface area contributed by atoms with Gasteiger partial charge in [0, 0.05) is 16.8 Å². The number of imide groups is 1. The number of Topliss-reactive ketones (excluding diaryl/α,β-unsaturated/α-hetero) is 1. The summed E-state index contributed by atoms with van der Waals surface area (Å²) < 4.78 is 0. The van der Waals surface area contributed by atoms with Crippen molar-refractivity contribution in [1.29, 1.82) is 0 Å². The van der Waals surface area contributed by atoms with Gasteiger partial charge in [-0.3, -0.25) is 14.4 Å². The molecule has 0 unspecified atom stereocenters. The van der Waals surface area contributed by atoms with Gasteiger partial charge in [0.05, 0.1) is 23.6 Å². The van der Waals surface area contributed by atoms with Gasteiger partial charge in [0.1, 0.15) is 6.04 Å². The van der Waals surface area contributed by atoms with E-state index >= 15 is 0 Å². The van der Waals surface area contributed by atoms with E-state index in [2.05, 4.69) is 18.2 Å². The van der Waals surface area contributed by atoms with E-state index in [0.29, 0.717) is 11.3 Å².